The Morgan fingerprint density at radius 2 is 1.87 bits per heavy atom. The fourth-order valence-corrected chi connectivity index (χ4v) is 2.07. The summed E-state index contributed by atoms with van der Waals surface area (Å²) in [6.07, 6.45) is 1.62. The smallest absolute Gasteiger partial charge is 0.270 e. The van der Waals surface area contributed by atoms with Crippen molar-refractivity contribution < 1.29 is 4.79 Å². The highest BCUT2D eigenvalue weighted by Crippen LogP contribution is 2.10. The van der Waals surface area contributed by atoms with Crippen molar-refractivity contribution in [2.24, 2.45) is 0 Å². The molecule has 1 heterocycles. The second-order valence-electron chi connectivity index (χ2n) is 5.64. The van der Waals surface area contributed by atoms with Gasteiger partial charge < -0.3 is 15.1 Å². The van der Waals surface area contributed by atoms with Crippen LogP contribution in [0.2, 0.25) is 0 Å². The van der Waals surface area contributed by atoms with Crippen molar-refractivity contribution in [3.63, 3.8) is 0 Å². The number of nitrogens with zero attached hydrogens (tertiary/aromatic N) is 4. The molecule has 2 rings (SSSR count). The third-order valence-corrected chi connectivity index (χ3v) is 3.32. The van der Waals surface area contributed by atoms with Crippen molar-refractivity contribution in [3.05, 3.63) is 53.9 Å². The van der Waals surface area contributed by atoms with Gasteiger partial charge in [0.1, 0.15) is 5.69 Å². The molecule has 0 bridgehead atoms. The molecule has 1 amide bonds. The molecule has 0 atom stereocenters. The quantitative estimate of drug-likeness (QED) is 0.837. The van der Waals surface area contributed by atoms with Gasteiger partial charge in [-0.1, -0.05) is 30.3 Å². The first-order valence-electron chi connectivity index (χ1n) is 7.57. The van der Waals surface area contributed by atoms with Gasteiger partial charge in [0.2, 0.25) is 5.95 Å². The Bertz CT molecular complexity index is 630. The van der Waals surface area contributed by atoms with E-state index in [0.29, 0.717) is 24.7 Å². The van der Waals surface area contributed by atoms with Gasteiger partial charge in [-0.25, -0.2) is 9.97 Å². The summed E-state index contributed by atoms with van der Waals surface area (Å²) in [5.41, 5.74) is 1.55. The summed E-state index contributed by atoms with van der Waals surface area (Å²) in [4.78, 5) is 24.7. The number of carbonyl (C=O) groups excluding carboxylic acids is 1. The summed E-state index contributed by atoms with van der Waals surface area (Å²) < 4.78 is 0. The summed E-state index contributed by atoms with van der Waals surface area (Å²) >= 11 is 0. The minimum Gasteiger partial charge on any atom is -0.349 e. The van der Waals surface area contributed by atoms with Crippen LogP contribution in [-0.4, -0.2) is 55.0 Å². The average Bonchev–Trinajstić information content (AvgIpc) is 2.55. The molecule has 0 unspecified atom stereocenters. The summed E-state index contributed by atoms with van der Waals surface area (Å²) in [5.74, 6) is 0.359. The Morgan fingerprint density at radius 1 is 1.13 bits per heavy atom. The zero-order valence-electron chi connectivity index (χ0n) is 13.9. The van der Waals surface area contributed by atoms with Crippen LogP contribution in [0.1, 0.15) is 16.1 Å². The lowest BCUT2D eigenvalue weighted by atomic mass is 10.2. The summed E-state index contributed by atoms with van der Waals surface area (Å²) in [6, 6.07) is 11.7. The van der Waals surface area contributed by atoms with Gasteiger partial charge in [0.05, 0.1) is 0 Å². The molecule has 23 heavy (non-hydrogen) atoms. The molecule has 1 N–H and O–H groups in total. The van der Waals surface area contributed by atoms with Crippen LogP contribution in [0.15, 0.2) is 42.6 Å². The van der Waals surface area contributed by atoms with Gasteiger partial charge in [-0.15, -0.1) is 0 Å². The minimum atomic E-state index is -0.177. The van der Waals surface area contributed by atoms with Gasteiger partial charge in [-0.3, -0.25) is 4.79 Å². The van der Waals surface area contributed by atoms with Gasteiger partial charge >= 0.3 is 0 Å². The molecule has 6 heteroatoms. The number of carbonyl (C=O) groups is 1. The third kappa shape index (κ3) is 5.34. The Kier molecular flexibility index (Phi) is 6.05. The summed E-state index contributed by atoms with van der Waals surface area (Å²) in [5, 5.41) is 2.86. The number of hydrogen-bond acceptors (Lipinski definition) is 5. The SMILES string of the molecule is CN(C)CCNC(=O)c1ccnc(N(C)Cc2ccccc2)n1. The normalized spacial score (nSPS) is 10.6. The highest BCUT2D eigenvalue weighted by molar-refractivity contribution is 5.92. The maximum Gasteiger partial charge on any atom is 0.270 e. The lowest BCUT2D eigenvalue weighted by Gasteiger charge is -2.17. The van der Waals surface area contributed by atoms with E-state index in [-0.39, 0.29) is 5.91 Å². The molecule has 122 valence electrons. The topological polar surface area (TPSA) is 61.4 Å². The lowest BCUT2D eigenvalue weighted by molar-refractivity contribution is 0.0946. The highest BCUT2D eigenvalue weighted by atomic mass is 16.1. The fraction of sp³-hybridized carbons (Fsp3) is 0.353. The van der Waals surface area contributed by atoms with E-state index in [1.165, 1.54) is 5.56 Å². The molecule has 0 aliphatic rings. The van der Waals surface area contributed by atoms with Crippen LogP contribution in [0.4, 0.5) is 5.95 Å². The standard InChI is InChI=1S/C17H23N5O/c1-21(2)12-11-18-16(23)15-9-10-19-17(20-15)22(3)13-14-7-5-4-6-8-14/h4-10H,11-13H2,1-3H3,(H,18,23). The van der Waals surface area contributed by atoms with Crippen molar-refractivity contribution in [1.29, 1.82) is 0 Å². The first kappa shape index (κ1) is 16.9. The Morgan fingerprint density at radius 3 is 2.57 bits per heavy atom. The van der Waals surface area contributed by atoms with E-state index in [2.05, 4.69) is 15.3 Å². The number of benzene rings is 1. The van der Waals surface area contributed by atoms with Gasteiger partial charge in [0, 0.05) is 32.9 Å². The number of likely N-dealkylation sites (N-methyl/N-ethyl adjacent to an activating group) is 1. The molecule has 6 nitrogen and oxygen atoms in total. The van der Waals surface area contributed by atoms with Crippen LogP contribution >= 0.6 is 0 Å². The minimum absolute atomic E-state index is 0.177. The zero-order chi connectivity index (χ0) is 16.7. The van der Waals surface area contributed by atoms with E-state index in [1.807, 2.05) is 61.3 Å². The largest absolute Gasteiger partial charge is 0.349 e. The zero-order valence-corrected chi connectivity index (χ0v) is 13.9. The maximum absolute atomic E-state index is 12.1. The predicted octanol–water partition coefficient (Wildman–Crippen LogP) is 1.40. The Balaban J connectivity index is 1.99. The molecule has 0 aliphatic carbocycles. The average molecular weight is 313 g/mol. The van der Waals surface area contributed by atoms with Crippen LogP contribution < -0.4 is 10.2 Å². The molecule has 0 radical (unpaired) electrons. The summed E-state index contributed by atoms with van der Waals surface area (Å²) in [6.45, 7) is 2.06. The van der Waals surface area contributed by atoms with Crippen molar-refractivity contribution in [2.45, 2.75) is 6.54 Å². The lowest BCUT2D eigenvalue weighted by Crippen LogP contribution is -2.32. The fourth-order valence-electron chi connectivity index (χ4n) is 2.07. The number of nitrogens with one attached hydrogen (secondary N) is 1. The van der Waals surface area contributed by atoms with Crippen molar-refractivity contribution >= 4 is 11.9 Å². The molecule has 0 saturated carbocycles. The number of rotatable bonds is 7. The summed E-state index contributed by atoms with van der Waals surface area (Å²) in [7, 11) is 5.84. The molecule has 0 saturated heterocycles. The molecule has 0 spiro atoms. The number of amides is 1. The van der Waals surface area contributed by atoms with E-state index >= 15 is 0 Å². The second-order valence-corrected chi connectivity index (χ2v) is 5.64. The van der Waals surface area contributed by atoms with Crippen molar-refractivity contribution in [3.8, 4) is 0 Å². The van der Waals surface area contributed by atoms with Crippen LogP contribution in [0, 0.1) is 0 Å². The highest BCUT2D eigenvalue weighted by Gasteiger charge is 2.11. The third-order valence-electron chi connectivity index (χ3n) is 3.32. The number of hydrogen-bond donors (Lipinski definition) is 1. The number of aromatic nitrogens is 2. The van der Waals surface area contributed by atoms with Crippen LogP contribution in [0.25, 0.3) is 0 Å². The van der Waals surface area contributed by atoms with Gasteiger partial charge in [-0.2, -0.15) is 0 Å². The molecule has 0 fully saturated rings. The monoisotopic (exact) mass is 313 g/mol. The number of anilines is 1. The first-order valence-corrected chi connectivity index (χ1v) is 7.57. The van der Waals surface area contributed by atoms with E-state index in [4.69, 9.17) is 0 Å². The first-order chi connectivity index (χ1) is 11.1. The predicted molar refractivity (Wildman–Crippen MR) is 91.5 cm³/mol. The van der Waals surface area contributed by atoms with Gasteiger partial charge in [0.15, 0.2) is 0 Å². The van der Waals surface area contributed by atoms with E-state index in [9.17, 15) is 4.79 Å². The van der Waals surface area contributed by atoms with E-state index < -0.39 is 0 Å². The van der Waals surface area contributed by atoms with Crippen molar-refractivity contribution in [2.75, 3.05) is 39.1 Å². The van der Waals surface area contributed by atoms with Crippen molar-refractivity contribution in [1.82, 2.24) is 20.2 Å². The molecular formula is C17H23N5O. The van der Waals surface area contributed by atoms with E-state index in [1.54, 1.807) is 12.3 Å². The maximum atomic E-state index is 12.1. The molecule has 2 aromatic rings. The Hall–Kier alpha value is -2.47. The van der Waals surface area contributed by atoms with E-state index in [0.717, 1.165) is 6.54 Å². The molecule has 0 aliphatic heterocycles. The molecule has 1 aromatic carbocycles. The second kappa shape index (κ2) is 8.24. The van der Waals surface area contributed by atoms with Crippen LogP contribution in [0.5, 0.6) is 0 Å². The molecular weight excluding hydrogens is 290 g/mol. The Labute approximate surface area is 137 Å². The van der Waals surface area contributed by atoms with Crippen LogP contribution in [-0.2, 0) is 6.54 Å². The van der Waals surface area contributed by atoms with Gasteiger partial charge in [0.25, 0.3) is 5.91 Å². The van der Waals surface area contributed by atoms with Crippen LogP contribution in [0.3, 0.4) is 0 Å². The molecule has 1 aromatic heterocycles. The van der Waals surface area contributed by atoms with Gasteiger partial charge in [-0.05, 0) is 25.7 Å².